The SMILES string of the molecule is CC(C)(C)CC(C)(C)N=S(=NS(=O)(=O)c1ccc([N+](=O)[O-])cc1)(C1CC1)N1CCOCC1. The molecule has 180 valence electrons. The van der Waals surface area contributed by atoms with E-state index in [0.29, 0.717) is 26.3 Å². The van der Waals surface area contributed by atoms with Crippen LogP contribution in [0.5, 0.6) is 0 Å². The molecule has 1 aliphatic heterocycles. The maximum atomic E-state index is 13.4. The summed E-state index contributed by atoms with van der Waals surface area (Å²) in [5.74, 6) is 0. The largest absolute Gasteiger partial charge is 0.379 e. The van der Waals surface area contributed by atoms with Gasteiger partial charge in [0.05, 0.1) is 28.6 Å². The van der Waals surface area contributed by atoms with Gasteiger partial charge in [0.25, 0.3) is 15.7 Å². The molecule has 0 spiro atoms. The zero-order valence-corrected chi connectivity index (χ0v) is 21.1. The van der Waals surface area contributed by atoms with Gasteiger partial charge in [-0.2, -0.15) is 8.42 Å². The maximum absolute atomic E-state index is 13.4. The average Bonchev–Trinajstić information content (AvgIpc) is 3.51. The van der Waals surface area contributed by atoms with Crippen molar-refractivity contribution in [2.24, 2.45) is 13.5 Å². The fourth-order valence-corrected chi connectivity index (χ4v) is 10.2. The van der Waals surface area contributed by atoms with Crippen LogP contribution >= 0.6 is 0 Å². The van der Waals surface area contributed by atoms with Crippen molar-refractivity contribution in [1.29, 1.82) is 0 Å². The fourth-order valence-electron chi connectivity index (χ4n) is 4.29. The standard InChI is InChI=1S/C21H34N4O5S2/c1-20(2,3)16-21(4,5)22-31(18-10-11-18,24-12-14-30-15-13-24)23-32(28,29)19-8-6-17(7-9-19)25(26)27/h6-9,18H,10-16H2,1-5H3. The second kappa shape index (κ2) is 9.00. The summed E-state index contributed by atoms with van der Waals surface area (Å²) in [6.07, 6.45) is 2.57. The molecule has 9 nitrogen and oxygen atoms in total. The third-order valence-corrected chi connectivity index (χ3v) is 11.0. The Hall–Kier alpha value is -1.56. The number of hydrogen-bond donors (Lipinski definition) is 0. The van der Waals surface area contributed by atoms with E-state index in [9.17, 15) is 18.5 Å². The number of benzene rings is 1. The zero-order valence-electron chi connectivity index (χ0n) is 19.5. The van der Waals surface area contributed by atoms with Gasteiger partial charge >= 0.3 is 0 Å². The predicted octanol–water partition coefficient (Wildman–Crippen LogP) is 4.43. The summed E-state index contributed by atoms with van der Waals surface area (Å²) >= 11 is 0. The van der Waals surface area contributed by atoms with Crippen molar-refractivity contribution in [2.75, 3.05) is 26.3 Å². The van der Waals surface area contributed by atoms with E-state index in [1.165, 1.54) is 24.3 Å². The molecule has 2 fully saturated rings. The molecule has 11 heteroatoms. The summed E-state index contributed by atoms with van der Waals surface area (Å²) in [6, 6.07) is 4.92. The van der Waals surface area contributed by atoms with Crippen molar-refractivity contribution in [1.82, 2.24) is 4.31 Å². The van der Waals surface area contributed by atoms with Crippen LogP contribution in [0.3, 0.4) is 0 Å². The van der Waals surface area contributed by atoms with Crippen molar-refractivity contribution in [3.05, 3.63) is 34.4 Å². The van der Waals surface area contributed by atoms with E-state index in [-0.39, 0.29) is 21.2 Å². The molecule has 0 N–H and O–H groups in total. The van der Waals surface area contributed by atoms with Gasteiger partial charge in [0.15, 0.2) is 0 Å². The second-order valence-electron chi connectivity index (χ2n) is 10.2. The quantitative estimate of drug-likeness (QED) is 0.416. The molecule has 1 aliphatic carbocycles. The monoisotopic (exact) mass is 486 g/mol. The molecule has 0 radical (unpaired) electrons. The number of nitrogens with zero attached hydrogens (tertiary/aromatic N) is 4. The maximum Gasteiger partial charge on any atom is 0.289 e. The first-order valence-corrected chi connectivity index (χ1v) is 13.9. The summed E-state index contributed by atoms with van der Waals surface area (Å²) in [6.45, 7) is 12.8. The molecule has 1 heterocycles. The van der Waals surface area contributed by atoms with Crippen molar-refractivity contribution < 1.29 is 18.1 Å². The van der Waals surface area contributed by atoms with Crippen LogP contribution in [0.2, 0.25) is 0 Å². The third kappa shape index (κ3) is 6.06. The van der Waals surface area contributed by atoms with Crippen LogP contribution in [0, 0.1) is 15.5 Å². The van der Waals surface area contributed by atoms with E-state index in [2.05, 4.69) is 42.7 Å². The molecule has 1 aromatic rings. The summed E-state index contributed by atoms with van der Waals surface area (Å²) in [4.78, 5) is 10.4. The van der Waals surface area contributed by atoms with E-state index in [1.54, 1.807) is 0 Å². The van der Waals surface area contributed by atoms with Gasteiger partial charge in [-0.05, 0) is 50.7 Å². The van der Waals surface area contributed by atoms with Gasteiger partial charge in [-0.1, -0.05) is 20.8 Å². The third-order valence-electron chi connectivity index (χ3n) is 5.22. The molecule has 0 bridgehead atoms. The van der Waals surface area contributed by atoms with Crippen LogP contribution in [0.4, 0.5) is 5.69 Å². The Morgan fingerprint density at radius 1 is 1.09 bits per heavy atom. The molecular weight excluding hydrogens is 452 g/mol. The van der Waals surface area contributed by atoms with Gasteiger partial charge in [0.1, 0.15) is 0 Å². The van der Waals surface area contributed by atoms with E-state index in [0.717, 1.165) is 19.3 Å². The Balaban J connectivity index is 2.20. The zero-order chi connectivity index (χ0) is 23.8. The molecule has 1 atom stereocenters. The highest BCUT2D eigenvalue weighted by Gasteiger charge is 2.41. The first-order chi connectivity index (χ1) is 14.7. The van der Waals surface area contributed by atoms with Gasteiger partial charge in [0, 0.05) is 40.3 Å². The number of nitro benzene ring substituents is 1. The molecule has 0 amide bonds. The molecule has 1 aromatic carbocycles. The summed E-state index contributed by atoms with van der Waals surface area (Å²) < 4.78 is 44.4. The first kappa shape index (κ1) is 25.1. The van der Waals surface area contributed by atoms with Crippen LogP contribution < -0.4 is 0 Å². The lowest BCUT2D eigenvalue weighted by Gasteiger charge is -2.37. The van der Waals surface area contributed by atoms with Crippen molar-refractivity contribution in [2.45, 2.75) is 69.6 Å². The van der Waals surface area contributed by atoms with Crippen molar-refractivity contribution in [3.8, 4) is 0 Å². The summed E-state index contributed by atoms with van der Waals surface area (Å²) in [7, 11) is -6.45. The molecule has 32 heavy (non-hydrogen) atoms. The summed E-state index contributed by atoms with van der Waals surface area (Å²) in [5, 5.41) is 11.1. The van der Waals surface area contributed by atoms with Gasteiger partial charge in [-0.25, -0.2) is 8.67 Å². The Morgan fingerprint density at radius 3 is 2.12 bits per heavy atom. The minimum Gasteiger partial charge on any atom is -0.379 e. The highest BCUT2D eigenvalue weighted by Crippen LogP contribution is 2.40. The van der Waals surface area contributed by atoms with Gasteiger partial charge < -0.3 is 4.74 Å². The highest BCUT2D eigenvalue weighted by molar-refractivity contribution is 8.03. The normalized spacial score (nSPS) is 20.4. The number of morpholine rings is 1. The summed E-state index contributed by atoms with van der Waals surface area (Å²) in [5.41, 5.74) is -0.610. The average molecular weight is 487 g/mol. The molecule has 2 aliphatic rings. The van der Waals surface area contributed by atoms with Gasteiger partial charge in [-0.3, -0.25) is 10.1 Å². The lowest BCUT2D eigenvalue weighted by Crippen LogP contribution is -2.44. The van der Waals surface area contributed by atoms with Gasteiger partial charge in [0.2, 0.25) is 0 Å². The second-order valence-corrected chi connectivity index (χ2v) is 14.7. The minimum absolute atomic E-state index is 0.0178. The molecule has 0 aromatic heterocycles. The Morgan fingerprint density at radius 2 is 1.66 bits per heavy atom. The molecular formula is C21H34N4O5S2. The smallest absolute Gasteiger partial charge is 0.289 e. The molecule has 1 saturated carbocycles. The van der Waals surface area contributed by atoms with Crippen molar-refractivity contribution in [3.63, 3.8) is 0 Å². The van der Waals surface area contributed by atoms with Crippen LogP contribution in [-0.2, 0) is 24.6 Å². The number of sulfonamides is 1. The Labute approximate surface area is 191 Å². The topological polar surface area (TPSA) is 114 Å². The number of nitro groups is 1. The van der Waals surface area contributed by atoms with Crippen LogP contribution in [-0.4, -0.2) is 54.7 Å². The highest BCUT2D eigenvalue weighted by atomic mass is 32.3. The van der Waals surface area contributed by atoms with E-state index in [4.69, 9.17) is 9.10 Å². The number of ether oxygens (including phenoxy) is 1. The Bertz CT molecular complexity index is 1070. The fraction of sp³-hybridized carbons (Fsp3) is 0.714. The Kier molecular flexibility index (Phi) is 7.05. The van der Waals surface area contributed by atoms with Crippen LogP contribution in [0.15, 0.2) is 37.3 Å². The van der Waals surface area contributed by atoms with Crippen molar-refractivity contribution >= 4 is 25.5 Å². The van der Waals surface area contributed by atoms with Gasteiger partial charge in [-0.15, -0.1) is 3.77 Å². The number of rotatable bonds is 7. The molecule has 1 saturated heterocycles. The van der Waals surface area contributed by atoms with E-state index in [1.807, 2.05) is 0 Å². The van der Waals surface area contributed by atoms with E-state index >= 15 is 0 Å². The van der Waals surface area contributed by atoms with Crippen LogP contribution in [0.1, 0.15) is 53.9 Å². The predicted molar refractivity (Wildman–Crippen MR) is 126 cm³/mol. The minimum atomic E-state index is -4.07. The molecule has 1 unspecified atom stereocenters. The number of non-ortho nitro benzene ring substituents is 1. The van der Waals surface area contributed by atoms with Crippen LogP contribution in [0.25, 0.3) is 0 Å². The lowest BCUT2D eigenvalue weighted by atomic mass is 9.82. The first-order valence-electron chi connectivity index (χ1n) is 10.9. The lowest BCUT2D eigenvalue weighted by molar-refractivity contribution is -0.384. The molecule has 3 rings (SSSR count). The number of hydrogen-bond acceptors (Lipinski definition) is 6. The van der Waals surface area contributed by atoms with E-state index < -0.39 is 30.3 Å².